The second-order valence-corrected chi connectivity index (χ2v) is 8.39. The minimum atomic E-state index is -3.76. The lowest BCUT2D eigenvalue weighted by Gasteiger charge is -2.08. The summed E-state index contributed by atoms with van der Waals surface area (Å²) in [6.45, 7) is 3.57. The van der Waals surface area contributed by atoms with Crippen molar-refractivity contribution in [2.24, 2.45) is 0 Å². The van der Waals surface area contributed by atoms with Crippen LogP contribution in [0.3, 0.4) is 0 Å². The Labute approximate surface area is 123 Å². The normalized spacial score (nSPS) is 11.6. The van der Waals surface area contributed by atoms with Crippen LogP contribution in [0.5, 0.6) is 0 Å². The summed E-state index contributed by atoms with van der Waals surface area (Å²) in [6, 6.07) is 5.83. The van der Waals surface area contributed by atoms with Crippen molar-refractivity contribution in [2.75, 3.05) is 4.72 Å². The summed E-state index contributed by atoms with van der Waals surface area (Å²) >= 11 is 4.37. The highest BCUT2D eigenvalue weighted by molar-refractivity contribution is 9.11. The van der Waals surface area contributed by atoms with Crippen molar-refractivity contribution in [2.45, 2.75) is 18.1 Å². The van der Waals surface area contributed by atoms with E-state index in [1.807, 2.05) is 0 Å². The number of nitrogens with one attached hydrogen (secondary N) is 1. The molecule has 1 aromatic carbocycles. The van der Waals surface area contributed by atoms with Gasteiger partial charge in [-0.1, -0.05) is 6.07 Å². The van der Waals surface area contributed by atoms with E-state index in [1.165, 1.54) is 12.1 Å². The van der Waals surface area contributed by atoms with Crippen LogP contribution in [0.1, 0.15) is 11.1 Å². The maximum Gasteiger partial charge on any atom is 0.271 e. The largest absolute Gasteiger partial charge is 0.276 e. The molecule has 0 aliphatic rings. The van der Waals surface area contributed by atoms with E-state index in [0.29, 0.717) is 0 Å². The zero-order valence-corrected chi connectivity index (χ0v) is 13.4. The molecule has 2 rings (SSSR count). The van der Waals surface area contributed by atoms with Gasteiger partial charge in [-0.15, -0.1) is 11.3 Å². The van der Waals surface area contributed by atoms with E-state index in [-0.39, 0.29) is 9.90 Å². The van der Waals surface area contributed by atoms with Gasteiger partial charge in [-0.2, -0.15) is 0 Å². The summed E-state index contributed by atoms with van der Waals surface area (Å²) in [4.78, 5) is 0. The molecule has 0 aliphatic heterocycles. The van der Waals surface area contributed by atoms with E-state index in [9.17, 15) is 12.8 Å². The lowest BCUT2D eigenvalue weighted by atomic mass is 10.2. The highest BCUT2D eigenvalue weighted by Crippen LogP contribution is 2.32. The second kappa shape index (κ2) is 5.22. The predicted octanol–water partition coefficient (Wildman–Crippen LogP) is 4.07. The van der Waals surface area contributed by atoms with Crippen molar-refractivity contribution >= 4 is 43.0 Å². The van der Waals surface area contributed by atoms with Gasteiger partial charge in [0.1, 0.15) is 10.0 Å². The van der Waals surface area contributed by atoms with Crippen molar-refractivity contribution in [1.82, 2.24) is 0 Å². The van der Waals surface area contributed by atoms with Gasteiger partial charge in [-0.25, -0.2) is 12.8 Å². The number of sulfonamides is 1. The quantitative estimate of drug-likeness (QED) is 0.893. The molecule has 0 saturated carbocycles. The van der Waals surface area contributed by atoms with Crippen LogP contribution in [-0.4, -0.2) is 8.42 Å². The molecule has 0 fully saturated rings. The molecule has 1 N–H and O–H groups in total. The molecule has 19 heavy (non-hydrogen) atoms. The summed E-state index contributed by atoms with van der Waals surface area (Å²) in [5.74, 6) is -0.596. The van der Waals surface area contributed by atoms with Gasteiger partial charge >= 0.3 is 0 Å². The molecule has 0 saturated heterocycles. The van der Waals surface area contributed by atoms with Gasteiger partial charge in [0.25, 0.3) is 10.0 Å². The van der Waals surface area contributed by atoms with Crippen molar-refractivity contribution < 1.29 is 12.8 Å². The number of hydrogen-bond donors (Lipinski definition) is 1. The van der Waals surface area contributed by atoms with Crippen molar-refractivity contribution in [3.8, 4) is 0 Å². The molecule has 0 amide bonds. The SMILES string of the molecule is Cc1ccc(F)c(NS(=O)(=O)c2cc(C)c(Br)s2)c1. The minimum absolute atomic E-state index is 0.0397. The second-order valence-electron chi connectivity index (χ2n) is 4.11. The van der Waals surface area contributed by atoms with Crippen LogP contribution in [0.2, 0.25) is 0 Å². The molecule has 0 bridgehead atoms. The van der Waals surface area contributed by atoms with Gasteiger partial charge in [0, 0.05) is 0 Å². The van der Waals surface area contributed by atoms with Gasteiger partial charge in [0.15, 0.2) is 0 Å². The number of benzene rings is 1. The molecule has 1 heterocycles. The van der Waals surface area contributed by atoms with Crippen LogP contribution in [0, 0.1) is 19.7 Å². The maximum atomic E-state index is 13.6. The first kappa shape index (κ1) is 14.5. The van der Waals surface area contributed by atoms with E-state index in [1.54, 1.807) is 26.0 Å². The summed E-state index contributed by atoms with van der Waals surface area (Å²) in [5, 5.41) is 0. The molecule has 2 aromatic rings. The zero-order valence-electron chi connectivity index (χ0n) is 10.2. The van der Waals surface area contributed by atoms with Crippen LogP contribution in [0.15, 0.2) is 32.3 Å². The van der Waals surface area contributed by atoms with Gasteiger partial charge in [0.2, 0.25) is 0 Å². The average molecular weight is 364 g/mol. The van der Waals surface area contributed by atoms with Crippen molar-refractivity contribution in [3.05, 3.63) is 45.0 Å². The number of aryl methyl sites for hydroxylation is 2. The Bertz CT molecular complexity index is 706. The fourth-order valence-electron chi connectivity index (χ4n) is 1.48. The van der Waals surface area contributed by atoms with Crippen LogP contribution < -0.4 is 4.72 Å². The molecule has 3 nitrogen and oxygen atoms in total. The number of anilines is 1. The highest BCUT2D eigenvalue weighted by Gasteiger charge is 2.19. The Morgan fingerprint density at radius 2 is 1.95 bits per heavy atom. The monoisotopic (exact) mass is 363 g/mol. The average Bonchev–Trinajstić information content (AvgIpc) is 2.65. The van der Waals surface area contributed by atoms with E-state index in [4.69, 9.17) is 0 Å². The molecule has 0 atom stereocenters. The van der Waals surface area contributed by atoms with E-state index in [0.717, 1.165) is 26.3 Å². The highest BCUT2D eigenvalue weighted by atomic mass is 79.9. The Morgan fingerprint density at radius 1 is 1.26 bits per heavy atom. The van der Waals surface area contributed by atoms with Crippen molar-refractivity contribution in [1.29, 1.82) is 0 Å². The van der Waals surface area contributed by atoms with Crippen LogP contribution in [0.25, 0.3) is 0 Å². The van der Waals surface area contributed by atoms with Gasteiger partial charge in [-0.05, 0) is 59.1 Å². The Kier molecular flexibility index (Phi) is 3.98. The first-order chi connectivity index (χ1) is 8.79. The third-order valence-electron chi connectivity index (χ3n) is 2.47. The van der Waals surface area contributed by atoms with Crippen molar-refractivity contribution in [3.63, 3.8) is 0 Å². The summed E-state index contributed by atoms with van der Waals surface area (Å²) in [6.07, 6.45) is 0. The maximum absolute atomic E-state index is 13.6. The number of thiophene rings is 1. The lowest BCUT2D eigenvalue weighted by Crippen LogP contribution is -2.12. The molecular formula is C12H11BrFNO2S2. The number of rotatable bonds is 3. The molecular weight excluding hydrogens is 353 g/mol. The van der Waals surface area contributed by atoms with E-state index in [2.05, 4.69) is 20.7 Å². The van der Waals surface area contributed by atoms with Crippen LogP contribution in [0.4, 0.5) is 10.1 Å². The van der Waals surface area contributed by atoms with Gasteiger partial charge < -0.3 is 0 Å². The Hall–Kier alpha value is -0.920. The molecule has 1 aromatic heterocycles. The topological polar surface area (TPSA) is 46.2 Å². The molecule has 0 radical (unpaired) electrons. The third kappa shape index (κ3) is 3.16. The fourth-order valence-corrected chi connectivity index (χ4v) is 4.76. The Balaban J connectivity index is 2.39. The van der Waals surface area contributed by atoms with E-state index >= 15 is 0 Å². The van der Waals surface area contributed by atoms with Gasteiger partial charge in [-0.3, -0.25) is 4.72 Å². The predicted molar refractivity (Wildman–Crippen MR) is 78.7 cm³/mol. The summed E-state index contributed by atoms with van der Waals surface area (Å²) in [7, 11) is -3.76. The minimum Gasteiger partial charge on any atom is -0.276 e. The summed E-state index contributed by atoms with van der Waals surface area (Å²) in [5.41, 5.74) is 1.57. The smallest absolute Gasteiger partial charge is 0.271 e. The van der Waals surface area contributed by atoms with Crippen LogP contribution >= 0.6 is 27.3 Å². The molecule has 7 heteroatoms. The molecule has 0 spiro atoms. The number of hydrogen-bond acceptors (Lipinski definition) is 3. The Morgan fingerprint density at radius 3 is 2.53 bits per heavy atom. The number of halogens is 2. The van der Waals surface area contributed by atoms with E-state index < -0.39 is 15.8 Å². The first-order valence-corrected chi connectivity index (χ1v) is 8.44. The zero-order chi connectivity index (χ0) is 14.2. The molecule has 0 unspecified atom stereocenters. The van der Waals surface area contributed by atoms with Crippen LogP contribution in [-0.2, 0) is 10.0 Å². The fraction of sp³-hybridized carbons (Fsp3) is 0.167. The standard InChI is InChI=1S/C12H11BrFNO2S2/c1-7-3-4-9(14)10(5-7)15-19(16,17)11-6-8(2)12(13)18-11/h3-6,15H,1-2H3. The summed E-state index contributed by atoms with van der Waals surface area (Å²) < 4.78 is 41.0. The lowest BCUT2D eigenvalue weighted by molar-refractivity contribution is 0.600. The molecule has 0 aliphatic carbocycles. The first-order valence-electron chi connectivity index (χ1n) is 5.34. The third-order valence-corrected chi connectivity index (χ3v) is 6.44. The molecule has 102 valence electrons. The van der Waals surface area contributed by atoms with Gasteiger partial charge in [0.05, 0.1) is 9.47 Å².